The average Bonchev–Trinajstić information content (AvgIpc) is 3.43. The summed E-state index contributed by atoms with van der Waals surface area (Å²) in [7, 11) is 0. The molecule has 0 radical (unpaired) electrons. The highest BCUT2D eigenvalue weighted by Gasteiger charge is 2.21. The smallest absolute Gasteiger partial charge is 0.269 e. The van der Waals surface area contributed by atoms with Crippen LogP contribution in [0.4, 0.5) is 5.69 Å². The van der Waals surface area contributed by atoms with E-state index in [2.05, 4.69) is 10.3 Å². The van der Waals surface area contributed by atoms with Crippen LogP contribution in [0.1, 0.15) is 9.67 Å². The van der Waals surface area contributed by atoms with E-state index in [1.807, 2.05) is 54.6 Å². The van der Waals surface area contributed by atoms with Crippen molar-refractivity contribution in [1.82, 2.24) is 9.38 Å². The SMILES string of the molecule is O=C(Nc1ccc(-c2ccccc2)cc1)c1sc(=S)n2c1[nH]c(=O)c1cc3c(cc12)OCO3. The lowest BCUT2D eigenvalue weighted by Crippen LogP contribution is -2.15. The molecule has 0 fully saturated rings. The molecule has 2 aromatic heterocycles. The molecule has 0 saturated carbocycles. The number of benzene rings is 3. The van der Waals surface area contributed by atoms with E-state index in [9.17, 15) is 9.59 Å². The minimum Gasteiger partial charge on any atom is -0.454 e. The maximum absolute atomic E-state index is 13.1. The zero-order valence-electron chi connectivity index (χ0n) is 17.0. The van der Waals surface area contributed by atoms with Crippen LogP contribution in [-0.4, -0.2) is 22.1 Å². The van der Waals surface area contributed by atoms with Crippen LogP contribution < -0.4 is 20.3 Å². The van der Waals surface area contributed by atoms with Crippen LogP contribution in [-0.2, 0) is 0 Å². The van der Waals surface area contributed by atoms with Crippen LogP contribution in [0.3, 0.4) is 0 Å². The van der Waals surface area contributed by atoms with Crippen molar-refractivity contribution in [2.75, 3.05) is 12.1 Å². The number of anilines is 1. The fourth-order valence-corrected chi connectivity index (χ4v) is 5.17. The molecule has 1 amide bonds. The molecule has 3 aromatic carbocycles. The predicted octanol–water partition coefficient (Wildman–Crippen LogP) is 5.22. The number of carbonyl (C=O) groups excluding carboxylic acids is 1. The lowest BCUT2D eigenvalue weighted by atomic mass is 10.1. The minimum atomic E-state index is -0.350. The number of carbonyl (C=O) groups is 1. The van der Waals surface area contributed by atoms with Gasteiger partial charge in [-0.15, -0.1) is 0 Å². The molecular formula is C24H15N3O4S2. The Bertz CT molecular complexity index is 1670. The van der Waals surface area contributed by atoms with Crippen LogP contribution in [0, 0.1) is 3.95 Å². The van der Waals surface area contributed by atoms with Crippen molar-refractivity contribution in [3.63, 3.8) is 0 Å². The van der Waals surface area contributed by atoms with Gasteiger partial charge in [-0.3, -0.25) is 14.0 Å². The van der Waals surface area contributed by atoms with E-state index >= 15 is 0 Å². The van der Waals surface area contributed by atoms with Crippen LogP contribution >= 0.6 is 23.6 Å². The van der Waals surface area contributed by atoms with E-state index in [1.165, 1.54) is 0 Å². The molecule has 1 aliphatic heterocycles. The Labute approximate surface area is 195 Å². The van der Waals surface area contributed by atoms with Crippen molar-refractivity contribution in [3.8, 4) is 22.6 Å². The molecule has 0 aliphatic carbocycles. The molecule has 0 atom stereocenters. The van der Waals surface area contributed by atoms with E-state index in [0.717, 1.165) is 22.5 Å². The van der Waals surface area contributed by atoms with Crippen LogP contribution in [0.15, 0.2) is 71.5 Å². The molecule has 7 nitrogen and oxygen atoms in total. The van der Waals surface area contributed by atoms with E-state index in [0.29, 0.717) is 42.6 Å². The third-order valence-electron chi connectivity index (χ3n) is 5.48. The van der Waals surface area contributed by atoms with Gasteiger partial charge in [0.1, 0.15) is 10.5 Å². The fourth-order valence-electron chi connectivity index (χ4n) is 3.90. The van der Waals surface area contributed by atoms with Crippen molar-refractivity contribution in [3.05, 3.63) is 85.9 Å². The van der Waals surface area contributed by atoms with Gasteiger partial charge in [0, 0.05) is 11.8 Å². The van der Waals surface area contributed by atoms with E-state index in [4.69, 9.17) is 21.7 Å². The fraction of sp³-hybridized carbons (Fsp3) is 0.0417. The first-order valence-corrected chi connectivity index (χ1v) is 11.3. The van der Waals surface area contributed by atoms with Crippen molar-refractivity contribution in [1.29, 1.82) is 0 Å². The molecule has 33 heavy (non-hydrogen) atoms. The average molecular weight is 474 g/mol. The van der Waals surface area contributed by atoms with E-state index < -0.39 is 0 Å². The highest BCUT2D eigenvalue weighted by atomic mass is 32.1. The van der Waals surface area contributed by atoms with Gasteiger partial charge in [0.15, 0.2) is 15.5 Å². The van der Waals surface area contributed by atoms with Gasteiger partial charge >= 0.3 is 0 Å². The second kappa shape index (κ2) is 7.58. The zero-order valence-corrected chi connectivity index (χ0v) is 18.6. The first kappa shape index (κ1) is 19.7. The van der Waals surface area contributed by atoms with Crippen molar-refractivity contribution in [2.24, 2.45) is 0 Å². The Morgan fingerprint density at radius 2 is 1.70 bits per heavy atom. The van der Waals surface area contributed by atoms with Crippen molar-refractivity contribution >= 4 is 51.7 Å². The summed E-state index contributed by atoms with van der Waals surface area (Å²) in [6.07, 6.45) is 0. The number of aromatic amines is 1. The molecule has 9 heteroatoms. The van der Waals surface area contributed by atoms with E-state index in [1.54, 1.807) is 16.5 Å². The van der Waals surface area contributed by atoms with E-state index in [-0.39, 0.29) is 18.3 Å². The van der Waals surface area contributed by atoms with Gasteiger partial charge in [0.05, 0.1) is 10.9 Å². The second-order valence-corrected chi connectivity index (χ2v) is 9.10. The third kappa shape index (κ3) is 3.29. The Morgan fingerprint density at radius 1 is 1.00 bits per heavy atom. The van der Waals surface area contributed by atoms with Gasteiger partial charge < -0.3 is 19.8 Å². The monoisotopic (exact) mass is 473 g/mol. The first-order valence-electron chi connectivity index (χ1n) is 10.1. The summed E-state index contributed by atoms with van der Waals surface area (Å²) in [6.45, 7) is 0.0957. The van der Waals surface area contributed by atoms with Gasteiger partial charge in [-0.05, 0) is 41.5 Å². The molecule has 5 aromatic rings. The van der Waals surface area contributed by atoms with Crippen LogP contribution in [0.25, 0.3) is 27.7 Å². The number of hydrogen-bond donors (Lipinski definition) is 2. The number of amides is 1. The summed E-state index contributed by atoms with van der Waals surface area (Å²) < 4.78 is 13.0. The number of fused-ring (bicyclic) bond motifs is 4. The summed E-state index contributed by atoms with van der Waals surface area (Å²) in [4.78, 5) is 29.0. The third-order valence-corrected chi connectivity index (χ3v) is 6.85. The van der Waals surface area contributed by atoms with Gasteiger partial charge in [-0.1, -0.05) is 53.8 Å². The molecule has 1 aliphatic rings. The molecule has 2 N–H and O–H groups in total. The molecule has 162 valence electrons. The maximum Gasteiger partial charge on any atom is 0.269 e. The molecular weight excluding hydrogens is 458 g/mol. The predicted molar refractivity (Wildman–Crippen MR) is 130 cm³/mol. The number of hydrogen-bond acceptors (Lipinski definition) is 6. The Morgan fingerprint density at radius 3 is 2.45 bits per heavy atom. The number of rotatable bonds is 3. The zero-order chi connectivity index (χ0) is 22.5. The van der Waals surface area contributed by atoms with Crippen molar-refractivity contribution in [2.45, 2.75) is 0 Å². The molecule has 0 spiro atoms. The number of H-pyrrole nitrogens is 1. The molecule has 3 heterocycles. The minimum absolute atomic E-state index is 0.0957. The van der Waals surface area contributed by atoms with Crippen LogP contribution in [0.2, 0.25) is 0 Å². The van der Waals surface area contributed by atoms with Gasteiger partial charge in [0.2, 0.25) is 6.79 Å². The topological polar surface area (TPSA) is 84.8 Å². The summed E-state index contributed by atoms with van der Waals surface area (Å²) in [6, 6.07) is 20.9. The lowest BCUT2D eigenvalue weighted by molar-refractivity contribution is 0.103. The number of nitrogens with zero attached hydrogens (tertiary/aromatic N) is 1. The van der Waals surface area contributed by atoms with Gasteiger partial charge in [-0.2, -0.15) is 0 Å². The Hall–Kier alpha value is -3.95. The standard InChI is InChI=1S/C24H15N3O4S2/c28-22-16-10-18-19(31-12-30-18)11-17(16)27-21(26-22)20(33-24(27)32)23(29)25-15-8-6-14(7-9-15)13-4-2-1-3-5-13/h1-11H,12H2,(H,25,29)(H,26,28). The summed E-state index contributed by atoms with van der Waals surface area (Å²) >= 11 is 6.67. The number of aromatic nitrogens is 2. The lowest BCUT2D eigenvalue weighted by Gasteiger charge is -2.07. The summed E-state index contributed by atoms with van der Waals surface area (Å²) in [5.74, 6) is 0.690. The largest absolute Gasteiger partial charge is 0.454 e. The Balaban J connectivity index is 1.38. The molecule has 0 saturated heterocycles. The second-order valence-electron chi connectivity index (χ2n) is 7.46. The summed E-state index contributed by atoms with van der Waals surface area (Å²) in [5, 5.41) is 3.30. The highest BCUT2D eigenvalue weighted by Crippen LogP contribution is 2.36. The number of thiazole rings is 1. The highest BCUT2D eigenvalue weighted by molar-refractivity contribution is 7.73. The quantitative estimate of drug-likeness (QED) is 0.351. The van der Waals surface area contributed by atoms with Gasteiger partial charge in [-0.25, -0.2) is 0 Å². The summed E-state index contributed by atoms with van der Waals surface area (Å²) in [5.41, 5.74) is 3.36. The first-order chi connectivity index (χ1) is 16.1. The van der Waals surface area contributed by atoms with Crippen LogP contribution in [0.5, 0.6) is 11.5 Å². The number of ether oxygens (including phenoxy) is 2. The maximum atomic E-state index is 13.1. The van der Waals surface area contributed by atoms with Crippen molar-refractivity contribution < 1.29 is 14.3 Å². The van der Waals surface area contributed by atoms with Gasteiger partial charge in [0.25, 0.3) is 11.5 Å². The molecule has 6 rings (SSSR count). The normalized spacial score (nSPS) is 12.4. The Kier molecular flexibility index (Phi) is 4.53. The molecule has 0 unspecified atom stereocenters. The number of nitrogens with one attached hydrogen (secondary N) is 2. The molecule has 0 bridgehead atoms.